The second-order valence-electron chi connectivity index (χ2n) is 1.50. The molecule has 0 amide bonds. The fourth-order valence-electron chi connectivity index (χ4n) is 0.387. The predicted octanol–water partition coefficient (Wildman–Crippen LogP) is -0.703. The number of hydrogen-bond acceptors (Lipinski definition) is 2. The van der Waals surface area contributed by atoms with Gasteiger partial charge in [-0.15, -0.1) is 0 Å². The number of aromatic nitrogens is 2. The van der Waals surface area contributed by atoms with Crippen LogP contribution >= 0.6 is 0 Å². The lowest BCUT2D eigenvalue weighted by atomic mass is 10.4. The smallest absolute Gasteiger partial charge is 0.0852 e. The minimum absolute atomic E-state index is 0.646. The summed E-state index contributed by atoms with van der Waals surface area (Å²) in [6.45, 7) is 7.24. The third-order valence-corrected chi connectivity index (χ3v) is 0.892. The summed E-state index contributed by atoms with van der Waals surface area (Å²) in [6, 6.07) is 1.77. The molecule has 1 aromatic heterocycles. The maximum absolute atomic E-state index is 3.66. The first-order valence-corrected chi connectivity index (χ1v) is 2.26. The van der Waals surface area contributed by atoms with Crippen molar-refractivity contribution < 1.29 is 0 Å². The number of hydrogen-bond donors (Lipinski definition) is 0. The maximum Gasteiger partial charge on any atom is 0.0852 e. The van der Waals surface area contributed by atoms with Crippen molar-refractivity contribution in [2.45, 2.75) is 0 Å². The molecule has 0 atom stereocenters. The van der Waals surface area contributed by atoms with Gasteiger partial charge in [0.15, 0.2) is 0 Å². The van der Waals surface area contributed by atoms with Crippen LogP contribution in [0.15, 0.2) is 12.3 Å². The van der Waals surface area contributed by atoms with Crippen molar-refractivity contribution in [3.05, 3.63) is 22.8 Å². The van der Waals surface area contributed by atoms with Crippen LogP contribution < -0.4 is 10.6 Å². The van der Waals surface area contributed by atoms with E-state index < -0.39 is 0 Å². The van der Waals surface area contributed by atoms with Gasteiger partial charge in [0.25, 0.3) is 0 Å². The first kappa shape index (κ1) is 4.97. The van der Waals surface area contributed by atoms with Crippen LogP contribution in [0, 0.1) is 0 Å². The van der Waals surface area contributed by atoms with Crippen LogP contribution in [0.3, 0.4) is 0 Å². The fourth-order valence-corrected chi connectivity index (χ4v) is 0.387. The second-order valence-corrected chi connectivity index (χ2v) is 1.50. The van der Waals surface area contributed by atoms with Crippen molar-refractivity contribution >= 4 is 13.2 Å². The molecule has 8 heavy (non-hydrogen) atoms. The van der Waals surface area contributed by atoms with Gasteiger partial charge >= 0.3 is 0 Å². The number of rotatable bonds is 0. The van der Waals surface area contributed by atoms with Gasteiger partial charge in [-0.2, -0.15) is 10.2 Å². The summed E-state index contributed by atoms with van der Waals surface area (Å²) in [7, 11) is 0. The van der Waals surface area contributed by atoms with Crippen LogP contribution in [0.25, 0.3) is 13.2 Å². The zero-order chi connectivity index (χ0) is 5.98. The highest BCUT2D eigenvalue weighted by atomic mass is 15.1. The molecule has 0 saturated carbocycles. The number of nitrogens with zero attached hydrogens (tertiary/aromatic N) is 2. The van der Waals surface area contributed by atoms with Crippen LogP contribution in [-0.2, 0) is 0 Å². The molecule has 0 N–H and O–H groups in total. The largest absolute Gasteiger partial charge is 0.159 e. The molecule has 1 aromatic rings. The van der Waals surface area contributed by atoms with E-state index in [1.807, 2.05) is 0 Å². The van der Waals surface area contributed by atoms with Crippen LogP contribution in [0.1, 0.15) is 0 Å². The Balaban J connectivity index is 3.59. The minimum Gasteiger partial charge on any atom is -0.159 e. The van der Waals surface area contributed by atoms with E-state index in [9.17, 15) is 0 Å². The molecule has 0 aliphatic heterocycles. The molecule has 2 heteroatoms. The molecule has 0 radical (unpaired) electrons. The zero-order valence-electron chi connectivity index (χ0n) is 4.46. The van der Waals surface area contributed by atoms with Crippen LogP contribution in [-0.4, -0.2) is 10.2 Å². The van der Waals surface area contributed by atoms with Crippen LogP contribution in [0.4, 0.5) is 0 Å². The predicted molar refractivity (Wildman–Crippen MR) is 32.3 cm³/mol. The van der Waals surface area contributed by atoms with Gasteiger partial charge in [-0.3, -0.25) is 0 Å². The van der Waals surface area contributed by atoms with Crippen LogP contribution in [0.2, 0.25) is 0 Å². The zero-order valence-corrected chi connectivity index (χ0v) is 4.46. The van der Waals surface area contributed by atoms with Crippen molar-refractivity contribution in [2.75, 3.05) is 0 Å². The Bertz CT molecular complexity index is 237. The highest BCUT2D eigenvalue weighted by Gasteiger charge is 1.73. The van der Waals surface area contributed by atoms with Gasteiger partial charge in [0.2, 0.25) is 0 Å². The molecule has 0 aliphatic carbocycles. The molecular formula is C6H6N2. The highest BCUT2D eigenvalue weighted by molar-refractivity contribution is 5.06. The average molecular weight is 106 g/mol. The molecule has 0 bridgehead atoms. The van der Waals surface area contributed by atoms with E-state index in [1.54, 1.807) is 12.3 Å². The minimum atomic E-state index is 0.646. The molecule has 0 aliphatic rings. The average Bonchev–Trinajstić information content (AvgIpc) is 1.77. The molecule has 0 spiro atoms. The molecule has 0 fully saturated rings. The quantitative estimate of drug-likeness (QED) is 0.437. The lowest BCUT2D eigenvalue weighted by Gasteiger charge is -1.78. The Labute approximate surface area is 47.2 Å². The van der Waals surface area contributed by atoms with Gasteiger partial charge in [-0.1, -0.05) is 13.2 Å². The van der Waals surface area contributed by atoms with E-state index in [0.29, 0.717) is 5.35 Å². The summed E-state index contributed by atoms with van der Waals surface area (Å²) in [4.78, 5) is 0. The summed E-state index contributed by atoms with van der Waals surface area (Å²) in [5.74, 6) is 0. The first-order chi connectivity index (χ1) is 3.80. The molecule has 40 valence electrons. The Morgan fingerprint density at radius 2 is 2.12 bits per heavy atom. The van der Waals surface area contributed by atoms with E-state index in [2.05, 4.69) is 23.4 Å². The maximum atomic E-state index is 3.66. The lowest BCUT2D eigenvalue weighted by molar-refractivity contribution is 0.985. The molecule has 0 aromatic carbocycles. The summed E-state index contributed by atoms with van der Waals surface area (Å²) < 4.78 is 0. The van der Waals surface area contributed by atoms with Crippen molar-refractivity contribution in [3.8, 4) is 0 Å². The Hall–Kier alpha value is -1.18. The molecule has 0 unspecified atom stereocenters. The van der Waals surface area contributed by atoms with E-state index in [0.717, 1.165) is 5.22 Å². The van der Waals surface area contributed by atoms with E-state index in [4.69, 9.17) is 0 Å². The van der Waals surface area contributed by atoms with Crippen molar-refractivity contribution in [2.24, 2.45) is 0 Å². The van der Waals surface area contributed by atoms with Gasteiger partial charge in [0, 0.05) is 0 Å². The van der Waals surface area contributed by atoms with Gasteiger partial charge in [0.05, 0.1) is 11.5 Å². The van der Waals surface area contributed by atoms with E-state index in [-0.39, 0.29) is 0 Å². The van der Waals surface area contributed by atoms with Gasteiger partial charge < -0.3 is 0 Å². The second kappa shape index (κ2) is 1.74. The standard InChI is InChI=1S/C6H6N2/c1-5-3-4-7-8-6(5)2/h3-4H,1-2H2. The van der Waals surface area contributed by atoms with Crippen molar-refractivity contribution in [1.29, 1.82) is 0 Å². The van der Waals surface area contributed by atoms with E-state index >= 15 is 0 Å². The third kappa shape index (κ3) is 0.729. The first-order valence-electron chi connectivity index (χ1n) is 2.26. The Kier molecular flexibility index (Phi) is 1.08. The Morgan fingerprint density at radius 3 is 2.50 bits per heavy atom. The van der Waals surface area contributed by atoms with Crippen LogP contribution in [0.5, 0.6) is 0 Å². The third-order valence-electron chi connectivity index (χ3n) is 0.892. The fraction of sp³-hybridized carbons (Fsp3) is 0. The molecular weight excluding hydrogens is 100 g/mol. The summed E-state index contributed by atoms with van der Waals surface area (Å²) in [5, 5.41) is 8.73. The van der Waals surface area contributed by atoms with Gasteiger partial charge in [-0.05, 0) is 11.3 Å². The topological polar surface area (TPSA) is 25.8 Å². The molecule has 1 heterocycles. The SMILES string of the molecule is C=c1ccnnc1=C. The summed E-state index contributed by atoms with van der Waals surface area (Å²) >= 11 is 0. The summed E-state index contributed by atoms with van der Waals surface area (Å²) in [6.07, 6.45) is 1.59. The van der Waals surface area contributed by atoms with Crippen molar-refractivity contribution in [3.63, 3.8) is 0 Å². The van der Waals surface area contributed by atoms with Gasteiger partial charge in [0.1, 0.15) is 0 Å². The van der Waals surface area contributed by atoms with E-state index in [1.165, 1.54) is 0 Å². The lowest BCUT2D eigenvalue weighted by Crippen LogP contribution is -2.25. The highest BCUT2D eigenvalue weighted by Crippen LogP contribution is 1.51. The molecule has 0 saturated heterocycles. The molecule has 2 nitrogen and oxygen atoms in total. The monoisotopic (exact) mass is 106 g/mol. The Morgan fingerprint density at radius 1 is 1.38 bits per heavy atom. The van der Waals surface area contributed by atoms with Crippen molar-refractivity contribution in [1.82, 2.24) is 10.2 Å². The molecule has 1 rings (SSSR count). The summed E-state index contributed by atoms with van der Waals surface area (Å²) in [5.41, 5.74) is 0. The normalized spacial score (nSPS) is 9.00. The van der Waals surface area contributed by atoms with Gasteiger partial charge in [-0.25, -0.2) is 0 Å².